The van der Waals surface area contributed by atoms with E-state index in [-0.39, 0.29) is 0 Å². The van der Waals surface area contributed by atoms with Crippen molar-refractivity contribution >= 4 is 0 Å². The van der Waals surface area contributed by atoms with Crippen LogP contribution in [0.3, 0.4) is 0 Å². The molecule has 16 heavy (non-hydrogen) atoms. The number of aryl methyl sites for hydroxylation is 1. The highest BCUT2D eigenvalue weighted by Gasteiger charge is 2.35. The van der Waals surface area contributed by atoms with Gasteiger partial charge in [-0.05, 0) is 31.8 Å². The lowest BCUT2D eigenvalue weighted by atomic mass is 10.1. The molecule has 2 fully saturated rings. The first-order valence-corrected chi connectivity index (χ1v) is 6.33. The summed E-state index contributed by atoms with van der Waals surface area (Å²) in [4.78, 5) is 6.67. The first-order chi connectivity index (χ1) is 7.92. The van der Waals surface area contributed by atoms with E-state index in [9.17, 15) is 0 Å². The average Bonchev–Trinajstić information content (AvgIpc) is 2.91. The molecule has 0 amide bonds. The number of nitrogens with zero attached hydrogens (tertiary/aromatic N) is 3. The summed E-state index contributed by atoms with van der Waals surface area (Å²) >= 11 is 0. The molecule has 4 heteroatoms. The summed E-state index contributed by atoms with van der Waals surface area (Å²) in [5, 5.41) is 3.60. The van der Waals surface area contributed by atoms with Crippen LogP contribution in [0.4, 0.5) is 0 Å². The van der Waals surface area contributed by atoms with Gasteiger partial charge in [0, 0.05) is 38.1 Å². The lowest BCUT2D eigenvalue weighted by molar-refractivity contribution is 0.303. The van der Waals surface area contributed by atoms with Crippen LogP contribution in [0, 0.1) is 5.92 Å². The molecule has 0 radical (unpaired) electrons. The summed E-state index contributed by atoms with van der Waals surface area (Å²) in [7, 11) is 0. The number of rotatable bonds is 4. The fraction of sp³-hybridized carbons (Fsp3) is 0.750. The van der Waals surface area contributed by atoms with E-state index < -0.39 is 0 Å². The van der Waals surface area contributed by atoms with Crippen molar-refractivity contribution in [2.45, 2.75) is 25.4 Å². The van der Waals surface area contributed by atoms with Crippen molar-refractivity contribution in [3.05, 3.63) is 18.7 Å². The normalized spacial score (nSPS) is 29.8. The van der Waals surface area contributed by atoms with E-state index in [0.717, 1.165) is 18.5 Å². The van der Waals surface area contributed by atoms with Crippen LogP contribution in [0.5, 0.6) is 0 Å². The minimum Gasteiger partial charge on any atom is -0.337 e. The van der Waals surface area contributed by atoms with Crippen molar-refractivity contribution in [3.8, 4) is 0 Å². The SMILES string of the molecule is c1cn(CCCN2C[C@@H]3CCN[C@@H]3C2)cn1. The predicted molar refractivity (Wildman–Crippen MR) is 63.2 cm³/mol. The molecule has 0 aliphatic carbocycles. The minimum atomic E-state index is 0.785. The van der Waals surface area contributed by atoms with Crippen LogP contribution in [-0.2, 0) is 6.54 Å². The van der Waals surface area contributed by atoms with Gasteiger partial charge in [0.2, 0.25) is 0 Å². The van der Waals surface area contributed by atoms with E-state index in [1.165, 1.54) is 39.0 Å². The average molecular weight is 220 g/mol. The Morgan fingerprint density at radius 2 is 2.31 bits per heavy atom. The van der Waals surface area contributed by atoms with Gasteiger partial charge in [0.15, 0.2) is 0 Å². The van der Waals surface area contributed by atoms with Crippen molar-refractivity contribution in [2.75, 3.05) is 26.2 Å². The molecule has 2 atom stereocenters. The van der Waals surface area contributed by atoms with Gasteiger partial charge < -0.3 is 14.8 Å². The molecule has 0 saturated carbocycles. The van der Waals surface area contributed by atoms with Gasteiger partial charge in [-0.15, -0.1) is 0 Å². The zero-order valence-corrected chi connectivity index (χ0v) is 9.68. The van der Waals surface area contributed by atoms with E-state index in [0.29, 0.717) is 0 Å². The Hall–Kier alpha value is -0.870. The van der Waals surface area contributed by atoms with Crippen LogP contribution in [-0.4, -0.2) is 46.7 Å². The van der Waals surface area contributed by atoms with Crippen LogP contribution in [0.1, 0.15) is 12.8 Å². The Morgan fingerprint density at radius 1 is 1.31 bits per heavy atom. The van der Waals surface area contributed by atoms with Crippen molar-refractivity contribution in [3.63, 3.8) is 0 Å². The van der Waals surface area contributed by atoms with Gasteiger partial charge in [0.05, 0.1) is 6.33 Å². The lowest BCUT2D eigenvalue weighted by Crippen LogP contribution is -2.30. The second kappa shape index (κ2) is 4.55. The molecule has 0 unspecified atom stereocenters. The highest BCUT2D eigenvalue weighted by molar-refractivity contribution is 4.93. The van der Waals surface area contributed by atoms with E-state index in [4.69, 9.17) is 0 Å². The van der Waals surface area contributed by atoms with E-state index in [1.807, 2.05) is 18.7 Å². The van der Waals surface area contributed by atoms with Crippen molar-refractivity contribution in [1.29, 1.82) is 0 Å². The van der Waals surface area contributed by atoms with Crippen molar-refractivity contribution in [2.24, 2.45) is 5.92 Å². The molecule has 1 aromatic rings. The maximum Gasteiger partial charge on any atom is 0.0945 e. The second-order valence-corrected chi connectivity index (χ2v) is 5.02. The summed E-state index contributed by atoms with van der Waals surface area (Å²) in [6.45, 7) is 6.13. The molecule has 88 valence electrons. The van der Waals surface area contributed by atoms with Crippen molar-refractivity contribution < 1.29 is 0 Å². The van der Waals surface area contributed by atoms with Crippen LogP contribution >= 0.6 is 0 Å². The van der Waals surface area contributed by atoms with Gasteiger partial charge in [-0.1, -0.05) is 0 Å². The number of imidazole rings is 1. The van der Waals surface area contributed by atoms with Crippen molar-refractivity contribution in [1.82, 2.24) is 19.8 Å². The maximum absolute atomic E-state index is 4.06. The lowest BCUT2D eigenvalue weighted by Gasteiger charge is -2.16. The third-order valence-corrected chi connectivity index (χ3v) is 3.89. The zero-order valence-electron chi connectivity index (χ0n) is 9.68. The Balaban J connectivity index is 1.40. The molecule has 4 nitrogen and oxygen atoms in total. The number of likely N-dealkylation sites (tertiary alicyclic amines) is 1. The van der Waals surface area contributed by atoms with E-state index in [2.05, 4.69) is 19.8 Å². The standard InChI is InChI=1S/C12H20N4/c1(5-15-7-4-13-10-15)6-16-8-11-2-3-14-12(11)9-16/h4,7,10-12,14H,1-3,5-6,8-9H2/t11-,12+/m0/s1. The number of nitrogens with one attached hydrogen (secondary N) is 1. The molecular weight excluding hydrogens is 200 g/mol. The topological polar surface area (TPSA) is 33.1 Å². The van der Waals surface area contributed by atoms with Gasteiger partial charge in [-0.25, -0.2) is 4.98 Å². The quantitative estimate of drug-likeness (QED) is 0.805. The Bertz CT molecular complexity index is 310. The minimum absolute atomic E-state index is 0.785. The highest BCUT2D eigenvalue weighted by Crippen LogP contribution is 2.24. The molecule has 2 aliphatic rings. The Morgan fingerprint density at radius 3 is 3.12 bits per heavy atom. The molecule has 2 aliphatic heterocycles. The molecule has 0 bridgehead atoms. The highest BCUT2D eigenvalue weighted by atomic mass is 15.2. The van der Waals surface area contributed by atoms with Crippen LogP contribution in [0.2, 0.25) is 0 Å². The second-order valence-electron chi connectivity index (χ2n) is 5.02. The van der Waals surface area contributed by atoms with E-state index in [1.54, 1.807) is 0 Å². The third-order valence-electron chi connectivity index (χ3n) is 3.89. The van der Waals surface area contributed by atoms with Gasteiger partial charge in [-0.2, -0.15) is 0 Å². The molecule has 3 rings (SSSR count). The van der Waals surface area contributed by atoms with Crippen LogP contribution in [0.15, 0.2) is 18.7 Å². The zero-order chi connectivity index (χ0) is 10.8. The number of hydrogen-bond acceptors (Lipinski definition) is 3. The van der Waals surface area contributed by atoms with Gasteiger partial charge >= 0.3 is 0 Å². The molecule has 0 aromatic carbocycles. The largest absolute Gasteiger partial charge is 0.337 e. The number of aromatic nitrogens is 2. The molecule has 0 spiro atoms. The maximum atomic E-state index is 4.06. The molecule has 3 heterocycles. The molecule has 2 saturated heterocycles. The third kappa shape index (κ3) is 2.13. The fourth-order valence-corrected chi connectivity index (χ4v) is 3.02. The smallest absolute Gasteiger partial charge is 0.0945 e. The predicted octanol–water partition coefficient (Wildman–Crippen LogP) is 0.567. The fourth-order valence-electron chi connectivity index (χ4n) is 3.02. The molecule has 1 N–H and O–H groups in total. The first kappa shape index (κ1) is 10.3. The summed E-state index contributed by atoms with van der Waals surface area (Å²) in [6.07, 6.45) is 8.41. The number of hydrogen-bond donors (Lipinski definition) is 1. The van der Waals surface area contributed by atoms with E-state index >= 15 is 0 Å². The molecular formula is C12H20N4. The van der Waals surface area contributed by atoms with Gasteiger partial charge in [0.25, 0.3) is 0 Å². The van der Waals surface area contributed by atoms with Gasteiger partial charge in [0.1, 0.15) is 0 Å². The van der Waals surface area contributed by atoms with Crippen LogP contribution < -0.4 is 5.32 Å². The van der Waals surface area contributed by atoms with Gasteiger partial charge in [-0.3, -0.25) is 0 Å². The molecule has 1 aromatic heterocycles. The summed E-state index contributed by atoms with van der Waals surface area (Å²) in [5.41, 5.74) is 0. The number of fused-ring (bicyclic) bond motifs is 1. The Kier molecular flexibility index (Phi) is 2.93. The summed E-state index contributed by atoms with van der Waals surface area (Å²) in [5.74, 6) is 0.924. The Labute approximate surface area is 96.7 Å². The summed E-state index contributed by atoms with van der Waals surface area (Å²) < 4.78 is 2.16. The monoisotopic (exact) mass is 220 g/mol. The first-order valence-electron chi connectivity index (χ1n) is 6.33. The summed E-state index contributed by atoms with van der Waals surface area (Å²) in [6, 6.07) is 0.785. The van der Waals surface area contributed by atoms with Crippen LogP contribution in [0.25, 0.3) is 0 Å².